The van der Waals surface area contributed by atoms with E-state index in [1.165, 1.54) is 0 Å². The van der Waals surface area contributed by atoms with Gasteiger partial charge in [0, 0.05) is 10.6 Å². The summed E-state index contributed by atoms with van der Waals surface area (Å²) in [6, 6.07) is 3.61. The van der Waals surface area contributed by atoms with Crippen LogP contribution in [-0.2, 0) is 11.4 Å². The van der Waals surface area contributed by atoms with Gasteiger partial charge in [-0.05, 0) is 24.6 Å². The van der Waals surface area contributed by atoms with Gasteiger partial charge in [-0.25, -0.2) is 5.90 Å². The van der Waals surface area contributed by atoms with Crippen LogP contribution in [0.3, 0.4) is 0 Å². The van der Waals surface area contributed by atoms with Crippen molar-refractivity contribution in [2.24, 2.45) is 5.90 Å². The second kappa shape index (κ2) is 4.46. The van der Waals surface area contributed by atoms with Crippen LogP contribution in [0, 0.1) is 6.92 Å². The molecule has 0 saturated carbocycles. The van der Waals surface area contributed by atoms with Gasteiger partial charge in [-0.3, -0.25) is 4.84 Å². The maximum absolute atomic E-state index is 5.86. The number of benzene rings is 1. The van der Waals surface area contributed by atoms with Crippen molar-refractivity contribution in [3.8, 4) is 5.75 Å². The summed E-state index contributed by atoms with van der Waals surface area (Å²) < 4.78 is 5.19. The van der Waals surface area contributed by atoms with Gasteiger partial charge in [0.15, 0.2) is 0 Å². The third kappa shape index (κ3) is 2.34. The van der Waals surface area contributed by atoms with Gasteiger partial charge >= 0.3 is 0 Å². The third-order valence-electron chi connectivity index (χ3n) is 1.76. The molecule has 3 nitrogen and oxygen atoms in total. The smallest absolute Gasteiger partial charge is 0.127 e. The van der Waals surface area contributed by atoms with Crippen LogP contribution >= 0.6 is 11.6 Å². The molecule has 0 bridgehead atoms. The molecule has 0 amide bonds. The highest BCUT2D eigenvalue weighted by Gasteiger charge is 2.07. The highest BCUT2D eigenvalue weighted by molar-refractivity contribution is 6.30. The van der Waals surface area contributed by atoms with E-state index in [0.717, 1.165) is 16.9 Å². The lowest BCUT2D eigenvalue weighted by atomic mass is 10.1. The van der Waals surface area contributed by atoms with Crippen molar-refractivity contribution in [1.29, 1.82) is 0 Å². The predicted molar refractivity (Wildman–Crippen MR) is 51.7 cm³/mol. The van der Waals surface area contributed by atoms with E-state index in [9.17, 15) is 0 Å². The highest BCUT2D eigenvalue weighted by atomic mass is 35.5. The fraction of sp³-hybridized carbons (Fsp3) is 0.333. The zero-order valence-electron chi connectivity index (χ0n) is 7.63. The summed E-state index contributed by atoms with van der Waals surface area (Å²) in [7, 11) is 1.61. The molecule has 0 aliphatic carbocycles. The zero-order valence-corrected chi connectivity index (χ0v) is 8.39. The first-order valence-electron chi connectivity index (χ1n) is 3.83. The lowest BCUT2D eigenvalue weighted by molar-refractivity contribution is 0.122. The van der Waals surface area contributed by atoms with E-state index in [1.807, 2.05) is 13.0 Å². The van der Waals surface area contributed by atoms with Gasteiger partial charge in [-0.1, -0.05) is 11.6 Å². The molecule has 0 aliphatic rings. The molecule has 0 unspecified atom stereocenters. The third-order valence-corrected chi connectivity index (χ3v) is 1.98. The average Bonchev–Trinajstić information content (AvgIpc) is 2.04. The summed E-state index contributed by atoms with van der Waals surface area (Å²) in [5, 5.41) is 0.658. The molecule has 0 aliphatic heterocycles. The van der Waals surface area contributed by atoms with Gasteiger partial charge in [0.25, 0.3) is 0 Å². The van der Waals surface area contributed by atoms with Crippen molar-refractivity contribution in [3.05, 3.63) is 28.3 Å². The van der Waals surface area contributed by atoms with E-state index in [4.69, 9.17) is 22.2 Å². The Morgan fingerprint density at radius 1 is 1.46 bits per heavy atom. The molecule has 72 valence electrons. The monoisotopic (exact) mass is 201 g/mol. The molecule has 13 heavy (non-hydrogen) atoms. The van der Waals surface area contributed by atoms with Crippen LogP contribution in [0.4, 0.5) is 0 Å². The first kappa shape index (κ1) is 10.3. The number of hydrogen-bond acceptors (Lipinski definition) is 3. The predicted octanol–water partition coefficient (Wildman–Crippen LogP) is 2.05. The van der Waals surface area contributed by atoms with E-state index >= 15 is 0 Å². The second-order valence-corrected chi connectivity index (χ2v) is 3.16. The van der Waals surface area contributed by atoms with E-state index in [0.29, 0.717) is 11.6 Å². The molecule has 4 heteroatoms. The second-order valence-electron chi connectivity index (χ2n) is 2.73. The first-order valence-corrected chi connectivity index (χ1v) is 4.21. The van der Waals surface area contributed by atoms with Gasteiger partial charge in [0.2, 0.25) is 0 Å². The fourth-order valence-electron chi connectivity index (χ4n) is 1.29. The maximum Gasteiger partial charge on any atom is 0.127 e. The molecular weight excluding hydrogens is 190 g/mol. The van der Waals surface area contributed by atoms with Crippen molar-refractivity contribution >= 4 is 11.6 Å². The van der Waals surface area contributed by atoms with E-state index in [-0.39, 0.29) is 0 Å². The van der Waals surface area contributed by atoms with Crippen molar-refractivity contribution in [2.45, 2.75) is 13.5 Å². The number of nitrogens with two attached hydrogens (primary N) is 1. The Balaban J connectivity index is 3.13. The van der Waals surface area contributed by atoms with Crippen LogP contribution in [-0.4, -0.2) is 7.11 Å². The minimum Gasteiger partial charge on any atom is -0.496 e. The molecule has 0 saturated heterocycles. The normalized spacial score (nSPS) is 10.2. The van der Waals surface area contributed by atoms with Crippen LogP contribution in [0.5, 0.6) is 5.75 Å². The zero-order chi connectivity index (χ0) is 9.84. The number of methoxy groups -OCH3 is 1. The summed E-state index contributed by atoms with van der Waals surface area (Å²) in [5.41, 5.74) is 1.83. The molecule has 1 aromatic rings. The summed E-state index contributed by atoms with van der Waals surface area (Å²) in [4.78, 5) is 4.54. The topological polar surface area (TPSA) is 44.5 Å². The Bertz CT molecular complexity index is 302. The van der Waals surface area contributed by atoms with Crippen molar-refractivity contribution in [1.82, 2.24) is 0 Å². The minimum atomic E-state index is 0.296. The van der Waals surface area contributed by atoms with Gasteiger partial charge in [-0.2, -0.15) is 0 Å². The molecule has 1 aromatic carbocycles. The van der Waals surface area contributed by atoms with Gasteiger partial charge < -0.3 is 4.74 Å². The van der Waals surface area contributed by atoms with Crippen LogP contribution in [0.15, 0.2) is 12.1 Å². The Kier molecular flexibility index (Phi) is 3.54. The molecule has 0 fully saturated rings. The lowest BCUT2D eigenvalue weighted by Gasteiger charge is -2.10. The Morgan fingerprint density at radius 3 is 2.69 bits per heavy atom. The van der Waals surface area contributed by atoms with Gasteiger partial charge in [0.1, 0.15) is 5.75 Å². The highest BCUT2D eigenvalue weighted by Crippen LogP contribution is 2.27. The van der Waals surface area contributed by atoms with Crippen LogP contribution < -0.4 is 10.6 Å². The SMILES string of the molecule is COc1c(C)cc(Cl)cc1CON. The number of hydrogen-bond donors (Lipinski definition) is 1. The quantitative estimate of drug-likeness (QED) is 0.762. The molecule has 0 radical (unpaired) electrons. The summed E-state index contributed by atoms with van der Waals surface area (Å²) in [6.45, 7) is 2.22. The summed E-state index contributed by atoms with van der Waals surface area (Å²) >= 11 is 5.86. The molecule has 0 spiro atoms. The largest absolute Gasteiger partial charge is 0.496 e. The average molecular weight is 202 g/mol. The molecule has 0 heterocycles. The molecular formula is C9H12ClNO2. The van der Waals surface area contributed by atoms with Crippen molar-refractivity contribution in [3.63, 3.8) is 0 Å². The van der Waals surface area contributed by atoms with E-state index < -0.39 is 0 Å². The maximum atomic E-state index is 5.86. The molecule has 0 aromatic heterocycles. The van der Waals surface area contributed by atoms with Crippen molar-refractivity contribution in [2.75, 3.05) is 7.11 Å². The van der Waals surface area contributed by atoms with Crippen LogP contribution in [0.2, 0.25) is 5.02 Å². The lowest BCUT2D eigenvalue weighted by Crippen LogP contribution is -2.02. The first-order chi connectivity index (χ1) is 6.19. The molecule has 1 rings (SSSR count). The number of halogens is 1. The Morgan fingerprint density at radius 2 is 2.15 bits per heavy atom. The fourth-order valence-corrected chi connectivity index (χ4v) is 1.58. The Labute approximate surface area is 82.4 Å². The van der Waals surface area contributed by atoms with E-state index in [2.05, 4.69) is 4.84 Å². The minimum absolute atomic E-state index is 0.296. The summed E-state index contributed by atoms with van der Waals surface area (Å²) in [5.74, 6) is 5.76. The molecule has 0 atom stereocenters. The van der Waals surface area contributed by atoms with Gasteiger partial charge in [-0.15, -0.1) is 0 Å². The number of rotatable bonds is 3. The summed E-state index contributed by atoms with van der Waals surface area (Å²) in [6.07, 6.45) is 0. The van der Waals surface area contributed by atoms with Crippen molar-refractivity contribution < 1.29 is 9.57 Å². The standard InChI is InChI=1S/C9H12ClNO2/c1-6-3-8(10)4-7(5-13-11)9(6)12-2/h3-4H,5,11H2,1-2H3. The van der Waals surface area contributed by atoms with Crippen LogP contribution in [0.25, 0.3) is 0 Å². The number of aryl methyl sites for hydroxylation is 1. The molecule has 2 N–H and O–H groups in total. The van der Waals surface area contributed by atoms with Crippen LogP contribution in [0.1, 0.15) is 11.1 Å². The van der Waals surface area contributed by atoms with E-state index in [1.54, 1.807) is 13.2 Å². The number of ether oxygens (including phenoxy) is 1. The van der Waals surface area contributed by atoms with Gasteiger partial charge in [0.05, 0.1) is 13.7 Å². The Hall–Kier alpha value is -0.770.